The molecule has 7 nitrogen and oxygen atoms in total. The van der Waals surface area contributed by atoms with Gasteiger partial charge in [0.25, 0.3) is 5.91 Å². The molecular formula is C21H25N3O4S. The molecule has 0 aliphatic heterocycles. The molecule has 0 unspecified atom stereocenters. The number of fused-ring (bicyclic) bond motifs is 1. The highest BCUT2D eigenvalue weighted by Gasteiger charge is 2.27. The summed E-state index contributed by atoms with van der Waals surface area (Å²) in [4.78, 5) is 39.5. The van der Waals surface area contributed by atoms with Gasteiger partial charge in [-0.2, -0.15) is 0 Å². The number of carbonyl (C=O) groups is 3. The van der Waals surface area contributed by atoms with E-state index in [4.69, 9.17) is 4.74 Å². The van der Waals surface area contributed by atoms with Crippen LogP contribution in [0.2, 0.25) is 0 Å². The molecule has 2 N–H and O–H groups in total. The Morgan fingerprint density at radius 1 is 1.07 bits per heavy atom. The standard InChI is InChI=1S/C21H25N3O4S/c1-13(25)22-20-19(16-6-4-5-7-17(16)29-20)21(27)28-12-18(26)23-14-8-10-15(11-9-14)24(2)3/h8-11H,4-7,12H2,1-3H3,(H,22,25)(H,23,26). The van der Waals surface area contributed by atoms with Crippen LogP contribution in [-0.2, 0) is 27.2 Å². The van der Waals surface area contributed by atoms with Crippen LogP contribution in [0.4, 0.5) is 16.4 Å². The fourth-order valence-corrected chi connectivity index (χ4v) is 4.60. The number of benzene rings is 1. The Balaban J connectivity index is 1.65. The van der Waals surface area contributed by atoms with E-state index in [1.807, 2.05) is 31.1 Å². The zero-order valence-electron chi connectivity index (χ0n) is 16.8. The van der Waals surface area contributed by atoms with Gasteiger partial charge in [-0.3, -0.25) is 9.59 Å². The first-order valence-corrected chi connectivity index (χ1v) is 10.3. The molecule has 0 fully saturated rings. The number of anilines is 3. The molecule has 2 amide bonds. The van der Waals surface area contributed by atoms with E-state index >= 15 is 0 Å². The molecule has 1 aliphatic carbocycles. The summed E-state index contributed by atoms with van der Waals surface area (Å²) in [7, 11) is 3.87. The Hall–Kier alpha value is -2.87. The third-order valence-electron chi connectivity index (χ3n) is 4.67. The number of carbonyl (C=O) groups excluding carboxylic acids is 3. The molecule has 1 aromatic carbocycles. The number of ether oxygens (including phenoxy) is 1. The summed E-state index contributed by atoms with van der Waals surface area (Å²) >= 11 is 1.42. The van der Waals surface area contributed by atoms with Crippen LogP contribution in [0, 0.1) is 0 Å². The zero-order valence-corrected chi connectivity index (χ0v) is 17.6. The van der Waals surface area contributed by atoms with Gasteiger partial charge in [-0.25, -0.2) is 4.79 Å². The maximum atomic E-state index is 12.7. The molecule has 8 heteroatoms. The van der Waals surface area contributed by atoms with E-state index in [-0.39, 0.29) is 5.91 Å². The van der Waals surface area contributed by atoms with Crippen molar-refractivity contribution in [2.24, 2.45) is 0 Å². The number of rotatable bonds is 6. The molecule has 1 aliphatic rings. The first-order chi connectivity index (χ1) is 13.8. The van der Waals surface area contributed by atoms with Crippen LogP contribution in [0.1, 0.15) is 40.6 Å². The highest BCUT2D eigenvalue weighted by molar-refractivity contribution is 7.17. The lowest BCUT2D eigenvalue weighted by atomic mass is 9.95. The van der Waals surface area contributed by atoms with Gasteiger partial charge in [-0.05, 0) is 55.5 Å². The highest BCUT2D eigenvalue weighted by Crippen LogP contribution is 2.38. The number of hydrogen-bond donors (Lipinski definition) is 2. The van der Waals surface area contributed by atoms with E-state index < -0.39 is 18.5 Å². The SMILES string of the molecule is CC(=O)Nc1sc2c(c1C(=O)OCC(=O)Nc1ccc(N(C)C)cc1)CCCC2. The maximum Gasteiger partial charge on any atom is 0.341 e. The molecule has 0 spiro atoms. The monoisotopic (exact) mass is 415 g/mol. The molecule has 0 atom stereocenters. The molecule has 154 valence electrons. The summed E-state index contributed by atoms with van der Waals surface area (Å²) in [5, 5.41) is 5.95. The first-order valence-electron chi connectivity index (χ1n) is 9.51. The summed E-state index contributed by atoms with van der Waals surface area (Å²) in [5.41, 5.74) is 2.98. The molecule has 3 rings (SSSR count). The van der Waals surface area contributed by atoms with Gasteiger partial charge in [-0.15, -0.1) is 11.3 Å². The Bertz CT molecular complexity index is 919. The number of aryl methyl sites for hydroxylation is 1. The molecule has 0 saturated heterocycles. The average Bonchev–Trinajstić information content (AvgIpc) is 3.03. The normalized spacial score (nSPS) is 12.7. The maximum absolute atomic E-state index is 12.7. The Labute approximate surface area is 174 Å². The van der Waals surface area contributed by atoms with Crippen molar-refractivity contribution in [2.45, 2.75) is 32.6 Å². The summed E-state index contributed by atoms with van der Waals surface area (Å²) in [6, 6.07) is 7.36. The van der Waals surface area contributed by atoms with Gasteiger partial charge >= 0.3 is 5.97 Å². The second-order valence-corrected chi connectivity index (χ2v) is 8.27. The van der Waals surface area contributed by atoms with Crippen molar-refractivity contribution in [2.75, 3.05) is 36.2 Å². The van der Waals surface area contributed by atoms with E-state index in [1.165, 1.54) is 18.3 Å². The molecule has 1 aromatic heterocycles. The van der Waals surface area contributed by atoms with Crippen molar-refractivity contribution in [3.8, 4) is 0 Å². The van der Waals surface area contributed by atoms with Crippen LogP contribution in [0.5, 0.6) is 0 Å². The molecule has 29 heavy (non-hydrogen) atoms. The van der Waals surface area contributed by atoms with Crippen molar-refractivity contribution < 1.29 is 19.1 Å². The first kappa shape index (κ1) is 20.9. The second kappa shape index (κ2) is 9.09. The minimum absolute atomic E-state index is 0.239. The van der Waals surface area contributed by atoms with E-state index in [0.29, 0.717) is 16.3 Å². The smallest absolute Gasteiger partial charge is 0.341 e. The van der Waals surface area contributed by atoms with E-state index in [1.54, 1.807) is 12.1 Å². The van der Waals surface area contributed by atoms with Crippen LogP contribution in [-0.4, -0.2) is 38.5 Å². The predicted octanol–water partition coefficient (Wildman–Crippen LogP) is 3.45. The number of amides is 2. The Morgan fingerprint density at radius 3 is 2.41 bits per heavy atom. The highest BCUT2D eigenvalue weighted by atomic mass is 32.1. The summed E-state index contributed by atoms with van der Waals surface area (Å²) in [6.45, 7) is 1.02. The Morgan fingerprint density at radius 2 is 1.76 bits per heavy atom. The third-order valence-corrected chi connectivity index (χ3v) is 5.87. The number of hydrogen-bond acceptors (Lipinski definition) is 6. The number of nitrogens with one attached hydrogen (secondary N) is 2. The van der Waals surface area contributed by atoms with Gasteiger partial charge < -0.3 is 20.3 Å². The van der Waals surface area contributed by atoms with Gasteiger partial charge in [0.2, 0.25) is 5.91 Å². The summed E-state index contributed by atoms with van der Waals surface area (Å²) in [6.07, 6.45) is 3.73. The van der Waals surface area contributed by atoms with Crippen LogP contribution in [0.15, 0.2) is 24.3 Å². The van der Waals surface area contributed by atoms with Crippen molar-refractivity contribution in [1.29, 1.82) is 0 Å². The fraction of sp³-hybridized carbons (Fsp3) is 0.381. The molecule has 0 radical (unpaired) electrons. The minimum atomic E-state index is -0.578. The fourth-order valence-electron chi connectivity index (χ4n) is 3.27. The van der Waals surface area contributed by atoms with Gasteiger partial charge in [-0.1, -0.05) is 0 Å². The third kappa shape index (κ3) is 5.14. The van der Waals surface area contributed by atoms with Gasteiger partial charge in [0, 0.05) is 37.3 Å². The summed E-state index contributed by atoms with van der Waals surface area (Å²) in [5.74, 6) is -1.23. The van der Waals surface area contributed by atoms with E-state index in [2.05, 4.69) is 10.6 Å². The predicted molar refractivity (Wildman–Crippen MR) is 115 cm³/mol. The number of esters is 1. The number of thiophene rings is 1. The van der Waals surface area contributed by atoms with Crippen molar-refractivity contribution >= 4 is 45.5 Å². The van der Waals surface area contributed by atoms with Gasteiger partial charge in [0.1, 0.15) is 5.00 Å². The molecule has 0 bridgehead atoms. The number of nitrogens with zero attached hydrogens (tertiary/aromatic N) is 1. The lowest BCUT2D eigenvalue weighted by molar-refractivity contribution is -0.119. The second-order valence-electron chi connectivity index (χ2n) is 7.16. The molecule has 1 heterocycles. The largest absolute Gasteiger partial charge is 0.452 e. The summed E-state index contributed by atoms with van der Waals surface area (Å²) < 4.78 is 5.27. The average molecular weight is 416 g/mol. The lowest BCUT2D eigenvalue weighted by Crippen LogP contribution is -2.22. The van der Waals surface area contributed by atoms with Crippen molar-refractivity contribution in [3.63, 3.8) is 0 Å². The van der Waals surface area contributed by atoms with Crippen LogP contribution in [0.25, 0.3) is 0 Å². The molecule has 0 saturated carbocycles. The van der Waals surface area contributed by atoms with Crippen LogP contribution in [0.3, 0.4) is 0 Å². The van der Waals surface area contributed by atoms with Crippen LogP contribution >= 0.6 is 11.3 Å². The topological polar surface area (TPSA) is 87.7 Å². The Kier molecular flexibility index (Phi) is 6.53. The minimum Gasteiger partial charge on any atom is -0.452 e. The van der Waals surface area contributed by atoms with Crippen molar-refractivity contribution in [3.05, 3.63) is 40.3 Å². The van der Waals surface area contributed by atoms with E-state index in [9.17, 15) is 14.4 Å². The van der Waals surface area contributed by atoms with E-state index in [0.717, 1.165) is 41.8 Å². The van der Waals surface area contributed by atoms with Crippen LogP contribution < -0.4 is 15.5 Å². The van der Waals surface area contributed by atoms with Gasteiger partial charge in [0.05, 0.1) is 5.56 Å². The zero-order chi connectivity index (χ0) is 21.0. The van der Waals surface area contributed by atoms with Gasteiger partial charge in [0.15, 0.2) is 6.61 Å². The molecule has 2 aromatic rings. The molecular weight excluding hydrogens is 390 g/mol. The quantitative estimate of drug-likeness (QED) is 0.706. The lowest BCUT2D eigenvalue weighted by Gasteiger charge is -2.14. The van der Waals surface area contributed by atoms with Crippen molar-refractivity contribution in [1.82, 2.24) is 0 Å².